The zero-order chi connectivity index (χ0) is 24.0. The van der Waals surface area contributed by atoms with Gasteiger partial charge in [0.1, 0.15) is 8.64 Å². The quantitative estimate of drug-likeness (QED) is 0.243. The molecule has 0 spiro atoms. The number of rotatable bonds is 10. The van der Waals surface area contributed by atoms with Crippen LogP contribution in [0.5, 0.6) is 0 Å². The van der Waals surface area contributed by atoms with Crippen molar-refractivity contribution in [3.8, 4) is 0 Å². The average Bonchev–Trinajstić information content (AvgIpc) is 3.11. The van der Waals surface area contributed by atoms with E-state index in [1.54, 1.807) is 27.7 Å². The average molecular weight is 519 g/mol. The summed E-state index contributed by atoms with van der Waals surface area (Å²) in [5, 5.41) is 0. The van der Waals surface area contributed by atoms with Gasteiger partial charge in [-0.3, -0.25) is 29.0 Å². The van der Waals surface area contributed by atoms with Gasteiger partial charge in [0.05, 0.1) is 22.0 Å². The van der Waals surface area contributed by atoms with Gasteiger partial charge < -0.3 is 9.47 Å². The van der Waals surface area contributed by atoms with Crippen LogP contribution in [0.1, 0.15) is 53.4 Å². The highest BCUT2D eigenvalue weighted by Gasteiger charge is 2.41. The Morgan fingerprint density at radius 2 is 1.12 bits per heavy atom. The lowest BCUT2D eigenvalue weighted by atomic mass is 10.2. The van der Waals surface area contributed by atoms with Gasteiger partial charge in [0.2, 0.25) is 0 Å². The molecule has 32 heavy (non-hydrogen) atoms. The summed E-state index contributed by atoms with van der Waals surface area (Å²) < 4.78 is 10.8. The molecule has 0 aromatic rings. The number of carbonyl (C=O) groups excluding carboxylic acids is 4. The topological polar surface area (TPSA) is 93.2 Å². The molecule has 12 heteroatoms. The highest BCUT2D eigenvalue weighted by atomic mass is 32.2. The predicted octanol–water partition coefficient (Wildman–Crippen LogP) is 3.38. The number of amides is 2. The van der Waals surface area contributed by atoms with Crippen molar-refractivity contribution in [3.63, 3.8) is 0 Å². The lowest BCUT2D eigenvalue weighted by Gasteiger charge is -2.15. The monoisotopic (exact) mass is 518 g/mol. The Morgan fingerprint density at radius 3 is 1.44 bits per heavy atom. The molecule has 176 valence electrons. The van der Waals surface area contributed by atoms with Crippen molar-refractivity contribution in [1.29, 1.82) is 0 Å². The number of thiocarbonyl (C=S) groups is 2. The van der Waals surface area contributed by atoms with Crippen molar-refractivity contribution in [2.45, 2.75) is 65.6 Å². The Kier molecular flexibility index (Phi) is 10.1. The fraction of sp³-hybridized carbons (Fsp3) is 0.600. The van der Waals surface area contributed by atoms with Crippen LogP contribution in [0.15, 0.2) is 9.81 Å². The molecule has 0 aliphatic carbocycles. The van der Waals surface area contributed by atoms with Crippen molar-refractivity contribution < 1.29 is 28.7 Å². The molecule has 2 aliphatic heterocycles. The number of carbonyl (C=O) groups is 4. The van der Waals surface area contributed by atoms with Crippen LogP contribution < -0.4 is 0 Å². The van der Waals surface area contributed by atoms with Gasteiger partial charge in [-0.25, -0.2) is 0 Å². The molecule has 0 atom stereocenters. The molecule has 2 aliphatic rings. The van der Waals surface area contributed by atoms with Crippen LogP contribution in [-0.4, -0.2) is 67.5 Å². The number of hydrogen-bond donors (Lipinski definition) is 0. The van der Waals surface area contributed by atoms with E-state index in [1.165, 1.54) is 9.80 Å². The van der Waals surface area contributed by atoms with Crippen molar-refractivity contribution in [3.05, 3.63) is 9.81 Å². The first-order valence-corrected chi connectivity index (χ1v) is 12.7. The lowest BCUT2D eigenvalue weighted by molar-refractivity contribution is -0.148. The maximum atomic E-state index is 12.9. The van der Waals surface area contributed by atoms with Gasteiger partial charge in [0.15, 0.2) is 0 Å². The Balaban J connectivity index is 1.96. The van der Waals surface area contributed by atoms with Crippen LogP contribution in [-0.2, 0) is 28.7 Å². The van der Waals surface area contributed by atoms with Gasteiger partial charge in [-0.15, -0.1) is 0 Å². The molecule has 0 bridgehead atoms. The molecule has 0 aromatic heterocycles. The summed E-state index contributed by atoms with van der Waals surface area (Å²) in [6.07, 6.45) is 0.763. The van der Waals surface area contributed by atoms with E-state index in [1.807, 2.05) is 0 Å². The first-order valence-electron chi connectivity index (χ1n) is 10.2. The second-order valence-electron chi connectivity index (χ2n) is 7.59. The molecule has 8 nitrogen and oxygen atoms in total. The van der Waals surface area contributed by atoms with Crippen molar-refractivity contribution in [2.75, 3.05) is 13.1 Å². The largest absolute Gasteiger partial charge is 0.463 e. The van der Waals surface area contributed by atoms with E-state index in [0.717, 1.165) is 23.5 Å². The van der Waals surface area contributed by atoms with Gasteiger partial charge in [0.25, 0.3) is 11.8 Å². The summed E-state index contributed by atoms with van der Waals surface area (Å²) in [7, 11) is 0. The normalized spacial score (nSPS) is 19.1. The molecule has 0 N–H and O–H groups in total. The van der Waals surface area contributed by atoms with E-state index < -0.39 is 0 Å². The smallest absolute Gasteiger partial charge is 0.306 e. The summed E-state index contributed by atoms with van der Waals surface area (Å²) in [6, 6.07) is 0. The zero-order valence-electron chi connectivity index (χ0n) is 18.4. The third-order valence-electron chi connectivity index (χ3n) is 4.16. The Morgan fingerprint density at radius 1 is 0.781 bits per heavy atom. The highest BCUT2D eigenvalue weighted by molar-refractivity contribution is 8.29. The van der Waals surface area contributed by atoms with Gasteiger partial charge in [-0.05, 0) is 40.5 Å². The maximum Gasteiger partial charge on any atom is 0.306 e. The standard InChI is InChI=1S/C20H26N2O6S4/c1-11(2)27-13(23)7-5-9-21-17(25)15(31-19(21)29)16-18(26)22(20(30)32-16)10-6-8-14(24)28-12(3)4/h11-12H,5-10H2,1-4H3/b16-15-. The van der Waals surface area contributed by atoms with Crippen LogP contribution in [0, 0.1) is 0 Å². The molecule has 2 saturated heterocycles. The van der Waals surface area contributed by atoms with Crippen LogP contribution >= 0.6 is 48.0 Å². The number of ether oxygens (including phenoxy) is 2. The van der Waals surface area contributed by atoms with E-state index in [-0.39, 0.29) is 71.7 Å². The minimum absolute atomic E-state index is 0.173. The molecular weight excluding hydrogens is 492 g/mol. The molecule has 0 unspecified atom stereocenters. The number of esters is 2. The molecule has 0 saturated carbocycles. The molecule has 2 heterocycles. The van der Waals surface area contributed by atoms with E-state index >= 15 is 0 Å². The molecule has 0 aromatic carbocycles. The summed E-state index contributed by atoms with van der Waals surface area (Å²) in [6.45, 7) is 7.61. The number of thioether (sulfide) groups is 2. The molecule has 0 radical (unpaired) electrons. The summed E-state index contributed by atoms with van der Waals surface area (Å²) in [4.78, 5) is 52.4. The van der Waals surface area contributed by atoms with E-state index in [2.05, 4.69) is 0 Å². The van der Waals surface area contributed by atoms with Gasteiger partial charge in [-0.2, -0.15) is 0 Å². The Bertz CT molecular complexity index is 787. The van der Waals surface area contributed by atoms with E-state index in [9.17, 15) is 19.2 Å². The predicted molar refractivity (Wildman–Crippen MR) is 132 cm³/mol. The first kappa shape index (κ1) is 26.7. The molecular formula is C20H26N2O6S4. The zero-order valence-corrected chi connectivity index (χ0v) is 21.6. The summed E-state index contributed by atoms with van der Waals surface area (Å²) in [5.41, 5.74) is 0. The third-order valence-corrected chi connectivity index (χ3v) is 7.19. The van der Waals surface area contributed by atoms with Gasteiger partial charge in [-0.1, -0.05) is 48.0 Å². The Labute approximate surface area is 206 Å². The molecule has 2 amide bonds. The van der Waals surface area contributed by atoms with Crippen LogP contribution in [0.3, 0.4) is 0 Å². The second-order valence-corrected chi connectivity index (χ2v) is 10.9. The summed E-state index contributed by atoms with van der Waals surface area (Å²) in [5.74, 6) is -1.39. The minimum atomic E-state index is -0.363. The van der Waals surface area contributed by atoms with Crippen LogP contribution in [0.2, 0.25) is 0 Å². The highest BCUT2D eigenvalue weighted by Crippen LogP contribution is 2.42. The van der Waals surface area contributed by atoms with E-state index in [0.29, 0.717) is 21.5 Å². The Hall–Kier alpha value is -1.50. The maximum absolute atomic E-state index is 12.9. The van der Waals surface area contributed by atoms with Gasteiger partial charge >= 0.3 is 11.9 Å². The van der Waals surface area contributed by atoms with Crippen molar-refractivity contribution >= 4 is 80.4 Å². The second kappa shape index (κ2) is 12.1. The number of nitrogens with zero attached hydrogens (tertiary/aromatic N) is 2. The lowest BCUT2D eigenvalue weighted by Crippen LogP contribution is -2.31. The molecule has 2 fully saturated rings. The van der Waals surface area contributed by atoms with Crippen LogP contribution in [0.4, 0.5) is 0 Å². The minimum Gasteiger partial charge on any atom is -0.463 e. The van der Waals surface area contributed by atoms with E-state index in [4.69, 9.17) is 33.9 Å². The van der Waals surface area contributed by atoms with Crippen molar-refractivity contribution in [1.82, 2.24) is 9.80 Å². The van der Waals surface area contributed by atoms with Crippen molar-refractivity contribution in [2.24, 2.45) is 0 Å². The molecule has 2 rings (SSSR count). The third kappa shape index (κ3) is 7.26. The van der Waals surface area contributed by atoms with Gasteiger partial charge in [0, 0.05) is 25.9 Å². The summed E-state index contributed by atoms with van der Waals surface area (Å²) >= 11 is 12.7. The fourth-order valence-corrected chi connectivity index (χ4v) is 5.63. The SMILES string of the molecule is CC(C)OC(=O)CCCN1C(=O)/C(=C2/SC(=S)N(CCCC(=O)OC(C)C)C2=O)SC1=S. The number of hydrogen-bond acceptors (Lipinski definition) is 10. The van der Waals surface area contributed by atoms with Crippen LogP contribution in [0.25, 0.3) is 0 Å². The first-order chi connectivity index (χ1) is 15.0. The fourth-order valence-electron chi connectivity index (χ4n) is 2.86.